The standard InChI is InChI=1S/C10H11ClINO/c11-7-3-6-10(14)13-9-5-2-1-4-8(9)12/h1-2,4-5H,3,6-7H2,(H,13,14). The lowest BCUT2D eigenvalue weighted by Crippen LogP contribution is -2.12. The summed E-state index contributed by atoms with van der Waals surface area (Å²) in [4.78, 5) is 11.4. The van der Waals surface area contributed by atoms with Gasteiger partial charge < -0.3 is 5.32 Å². The summed E-state index contributed by atoms with van der Waals surface area (Å²) in [5.74, 6) is 0.550. The van der Waals surface area contributed by atoms with Crippen molar-refractivity contribution in [3.05, 3.63) is 27.8 Å². The van der Waals surface area contributed by atoms with Crippen LogP contribution >= 0.6 is 34.2 Å². The number of benzene rings is 1. The molecule has 0 saturated heterocycles. The van der Waals surface area contributed by atoms with E-state index in [4.69, 9.17) is 11.6 Å². The van der Waals surface area contributed by atoms with Crippen molar-refractivity contribution in [3.63, 3.8) is 0 Å². The molecule has 1 aromatic carbocycles. The van der Waals surface area contributed by atoms with Gasteiger partial charge in [-0.05, 0) is 41.1 Å². The molecular weight excluding hydrogens is 312 g/mol. The lowest BCUT2D eigenvalue weighted by Gasteiger charge is -2.05. The molecule has 2 nitrogen and oxygen atoms in total. The average molecular weight is 324 g/mol. The summed E-state index contributed by atoms with van der Waals surface area (Å²) in [5.41, 5.74) is 0.868. The molecule has 4 heteroatoms. The van der Waals surface area contributed by atoms with Crippen LogP contribution < -0.4 is 5.32 Å². The second kappa shape index (κ2) is 6.24. The zero-order chi connectivity index (χ0) is 10.4. The van der Waals surface area contributed by atoms with Gasteiger partial charge in [-0.15, -0.1) is 11.6 Å². The fraction of sp³-hybridized carbons (Fsp3) is 0.300. The molecule has 1 rings (SSSR count). The first-order valence-electron chi connectivity index (χ1n) is 4.34. The van der Waals surface area contributed by atoms with E-state index in [9.17, 15) is 4.79 Å². The van der Waals surface area contributed by atoms with Gasteiger partial charge in [0.1, 0.15) is 0 Å². The summed E-state index contributed by atoms with van der Waals surface area (Å²) in [7, 11) is 0. The van der Waals surface area contributed by atoms with Crippen LogP contribution in [0.3, 0.4) is 0 Å². The number of para-hydroxylation sites is 1. The first kappa shape index (κ1) is 11.8. The van der Waals surface area contributed by atoms with Crippen LogP contribution in [0.5, 0.6) is 0 Å². The molecule has 0 aromatic heterocycles. The van der Waals surface area contributed by atoms with E-state index in [-0.39, 0.29) is 5.91 Å². The van der Waals surface area contributed by atoms with Gasteiger partial charge >= 0.3 is 0 Å². The summed E-state index contributed by atoms with van der Waals surface area (Å²) in [6.07, 6.45) is 1.20. The fourth-order valence-electron chi connectivity index (χ4n) is 1.00. The molecule has 0 aliphatic rings. The van der Waals surface area contributed by atoms with Crippen LogP contribution in [0.4, 0.5) is 5.69 Å². The van der Waals surface area contributed by atoms with Crippen molar-refractivity contribution in [2.45, 2.75) is 12.8 Å². The Bertz CT molecular complexity index is 317. The highest BCUT2D eigenvalue weighted by Crippen LogP contribution is 2.17. The van der Waals surface area contributed by atoms with E-state index in [1.54, 1.807) is 0 Å². The Hall–Kier alpha value is -0.290. The molecule has 0 atom stereocenters. The van der Waals surface area contributed by atoms with Crippen molar-refractivity contribution in [1.29, 1.82) is 0 Å². The molecule has 76 valence electrons. The predicted molar refractivity (Wildman–Crippen MR) is 67.7 cm³/mol. The number of anilines is 1. The average Bonchev–Trinajstić information content (AvgIpc) is 2.18. The fourth-order valence-corrected chi connectivity index (χ4v) is 1.66. The maximum Gasteiger partial charge on any atom is 0.224 e. The molecule has 0 radical (unpaired) electrons. The van der Waals surface area contributed by atoms with E-state index in [1.165, 1.54) is 0 Å². The molecule has 1 aromatic rings. The van der Waals surface area contributed by atoms with Crippen LogP contribution in [-0.4, -0.2) is 11.8 Å². The number of carbonyl (C=O) groups is 1. The van der Waals surface area contributed by atoms with E-state index in [1.807, 2.05) is 24.3 Å². The molecule has 0 spiro atoms. The number of nitrogens with one attached hydrogen (secondary N) is 1. The Morgan fingerprint density at radius 2 is 2.14 bits per heavy atom. The van der Waals surface area contributed by atoms with E-state index in [2.05, 4.69) is 27.9 Å². The second-order valence-corrected chi connectivity index (χ2v) is 4.36. The molecule has 1 amide bonds. The maximum atomic E-state index is 11.4. The largest absolute Gasteiger partial charge is 0.325 e. The van der Waals surface area contributed by atoms with Gasteiger partial charge in [-0.3, -0.25) is 4.79 Å². The Balaban J connectivity index is 2.52. The third-order valence-electron chi connectivity index (χ3n) is 1.69. The van der Waals surface area contributed by atoms with Gasteiger partial charge in [0, 0.05) is 15.9 Å². The SMILES string of the molecule is O=C(CCCCl)Nc1ccccc1I. The number of alkyl halides is 1. The van der Waals surface area contributed by atoms with Gasteiger partial charge in [0.2, 0.25) is 5.91 Å². The van der Waals surface area contributed by atoms with E-state index in [0.29, 0.717) is 12.3 Å². The van der Waals surface area contributed by atoms with Gasteiger partial charge in [0.05, 0.1) is 5.69 Å². The third-order valence-corrected chi connectivity index (χ3v) is 2.89. The van der Waals surface area contributed by atoms with Crippen molar-refractivity contribution < 1.29 is 4.79 Å². The topological polar surface area (TPSA) is 29.1 Å². The first-order valence-corrected chi connectivity index (χ1v) is 5.95. The number of halogens is 2. The van der Waals surface area contributed by atoms with Crippen LogP contribution in [0.25, 0.3) is 0 Å². The lowest BCUT2D eigenvalue weighted by atomic mass is 10.3. The van der Waals surface area contributed by atoms with Gasteiger partial charge in [-0.1, -0.05) is 12.1 Å². The van der Waals surface area contributed by atoms with Crippen LogP contribution in [0.1, 0.15) is 12.8 Å². The highest BCUT2D eigenvalue weighted by Gasteiger charge is 2.03. The summed E-state index contributed by atoms with van der Waals surface area (Å²) >= 11 is 7.69. The summed E-state index contributed by atoms with van der Waals surface area (Å²) in [5, 5.41) is 2.84. The van der Waals surface area contributed by atoms with Gasteiger partial charge in [-0.2, -0.15) is 0 Å². The highest BCUT2D eigenvalue weighted by molar-refractivity contribution is 14.1. The maximum absolute atomic E-state index is 11.4. The van der Waals surface area contributed by atoms with E-state index >= 15 is 0 Å². The third kappa shape index (κ3) is 3.84. The highest BCUT2D eigenvalue weighted by atomic mass is 127. The number of carbonyl (C=O) groups excluding carboxylic acids is 1. The molecule has 0 unspecified atom stereocenters. The Labute approximate surface area is 102 Å². The van der Waals surface area contributed by atoms with Crippen LogP contribution in [0.2, 0.25) is 0 Å². The van der Waals surface area contributed by atoms with Crippen molar-refractivity contribution in [3.8, 4) is 0 Å². The van der Waals surface area contributed by atoms with Crippen molar-refractivity contribution in [2.24, 2.45) is 0 Å². The van der Waals surface area contributed by atoms with Crippen molar-refractivity contribution in [2.75, 3.05) is 11.2 Å². The number of hydrogen-bond acceptors (Lipinski definition) is 1. The zero-order valence-electron chi connectivity index (χ0n) is 7.59. The second-order valence-electron chi connectivity index (χ2n) is 2.82. The minimum Gasteiger partial charge on any atom is -0.325 e. The molecular formula is C10H11ClINO. The van der Waals surface area contributed by atoms with Crippen molar-refractivity contribution in [1.82, 2.24) is 0 Å². The normalized spacial score (nSPS) is 9.86. The van der Waals surface area contributed by atoms with Crippen LogP contribution in [0.15, 0.2) is 24.3 Å². The molecule has 0 aliphatic heterocycles. The zero-order valence-corrected chi connectivity index (χ0v) is 10.5. The van der Waals surface area contributed by atoms with Gasteiger partial charge in [0.15, 0.2) is 0 Å². The molecule has 0 fully saturated rings. The monoisotopic (exact) mass is 323 g/mol. The van der Waals surface area contributed by atoms with Crippen molar-refractivity contribution >= 4 is 45.8 Å². The van der Waals surface area contributed by atoms with E-state index < -0.39 is 0 Å². The Kier molecular flexibility index (Phi) is 5.25. The predicted octanol–water partition coefficient (Wildman–Crippen LogP) is 3.25. The van der Waals surface area contributed by atoms with E-state index in [0.717, 1.165) is 15.7 Å². The molecule has 0 saturated carbocycles. The van der Waals surface area contributed by atoms with Gasteiger partial charge in [0.25, 0.3) is 0 Å². The minimum atomic E-state index is 0.0229. The van der Waals surface area contributed by atoms with Gasteiger partial charge in [-0.25, -0.2) is 0 Å². The summed E-state index contributed by atoms with van der Waals surface area (Å²) in [6.45, 7) is 0. The molecule has 0 heterocycles. The molecule has 14 heavy (non-hydrogen) atoms. The molecule has 0 aliphatic carbocycles. The summed E-state index contributed by atoms with van der Waals surface area (Å²) in [6, 6.07) is 7.69. The smallest absolute Gasteiger partial charge is 0.224 e. The molecule has 1 N–H and O–H groups in total. The minimum absolute atomic E-state index is 0.0229. The lowest BCUT2D eigenvalue weighted by molar-refractivity contribution is -0.116. The number of amides is 1. The van der Waals surface area contributed by atoms with Crippen LogP contribution in [-0.2, 0) is 4.79 Å². The van der Waals surface area contributed by atoms with Crippen LogP contribution in [0, 0.1) is 3.57 Å². The Morgan fingerprint density at radius 3 is 2.79 bits per heavy atom. The first-order chi connectivity index (χ1) is 6.74. The number of rotatable bonds is 4. The number of hydrogen-bond donors (Lipinski definition) is 1. The molecule has 0 bridgehead atoms. The summed E-state index contributed by atoms with van der Waals surface area (Å²) < 4.78 is 1.05. The Morgan fingerprint density at radius 1 is 1.43 bits per heavy atom. The quantitative estimate of drug-likeness (QED) is 0.669.